The van der Waals surface area contributed by atoms with Crippen molar-refractivity contribution >= 4 is 66.0 Å². The van der Waals surface area contributed by atoms with Crippen molar-refractivity contribution in [2.24, 2.45) is 0 Å². The molecular weight excluding hydrogens is 495 g/mol. The van der Waals surface area contributed by atoms with Crippen LogP contribution in [0, 0.1) is 0 Å². The van der Waals surface area contributed by atoms with Crippen LogP contribution >= 0.6 is 34.5 Å². The van der Waals surface area contributed by atoms with Crippen molar-refractivity contribution in [3.05, 3.63) is 46.4 Å². The second-order valence-corrected chi connectivity index (χ2v) is 10.5. The zero-order valence-electron chi connectivity index (χ0n) is 16.8. The first-order chi connectivity index (χ1) is 15.3. The van der Waals surface area contributed by atoms with Crippen molar-refractivity contribution < 1.29 is 17.4 Å². The maximum Gasteiger partial charge on any atom is 0.342 e. The predicted molar refractivity (Wildman–Crippen MR) is 127 cm³/mol. The number of benzene rings is 2. The minimum atomic E-state index is -4.24. The zero-order valence-corrected chi connectivity index (χ0v) is 20.0. The van der Waals surface area contributed by atoms with E-state index in [4.69, 9.17) is 27.4 Å². The van der Waals surface area contributed by atoms with E-state index in [1.165, 1.54) is 48.4 Å². The first-order valence-electron chi connectivity index (χ1n) is 9.88. The average molecular weight is 515 g/mol. The van der Waals surface area contributed by atoms with Gasteiger partial charge < -0.3 is 14.4 Å². The van der Waals surface area contributed by atoms with Gasteiger partial charge >= 0.3 is 16.1 Å². The van der Waals surface area contributed by atoms with E-state index in [-0.39, 0.29) is 26.7 Å². The number of thiazole rings is 1. The van der Waals surface area contributed by atoms with Crippen LogP contribution in [0.1, 0.15) is 12.8 Å². The lowest BCUT2D eigenvalue weighted by atomic mass is 10.3. The molecular formula is C20H20Cl2N4O4S2. The quantitative estimate of drug-likeness (QED) is 0.447. The molecule has 0 atom stereocenters. The molecule has 0 aliphatic carbocycles. The van der Waals surface area contributed by atoms with Crippen molar-refractivity contribution in [1.29, 1.82) is 0 Å². The highest BCUT2D eigenvalue weighted by molar-refractivity contribution is 7.87. The third kappa shape index (κ3) is 5.44. The molecule has 0 radical (unpaired) electrons. The molecule has 1 aliphatic rings. The number of aromatic nitrogens is 1. The molecule has 0 bridgehead atoms. The number of anilines is 1. The molecule has 4 rings (SSSR count). The van der Waals surface area contributed by atoms with E-state index in [0.29, 0.717) is 21.9 Å². The lowest BCUT2D eigenvalue weighted by Crippen LogP contribution is -2.35. The summed E-state index contributed by atoms with van der Waals surface area (Å²) in [6.45, 7) is 3.52. The highest BCUT2D eigenvalue weighted by Crippen LogP contribution is 2.33. The van der Waals surface area contributed by atoms with Crippen molar-refractivity contribution in [2.45, 2.75) is 17.7 Å². The first-order valence-corrected chi connectivity index (χ1v) is 12.9. The van der Waals surface area contributed by atoms with Crippen molar-refractivity contribution in [2.75, 3.05) is 31.5 Å². The molecule has 12 heteroatoms. The van der Waals surface area contributed by atoms with E-state index in [2.05, 4.69) is 20.5 Å². The fourth-order valence-electron chi connectivity index (χ4n) is 3.38. The number of amides is 2. The highest BCUT2D eigenvalue weighted by atomic mass is 35.5. The van der Waals surface area contributed by atoms with Crippen LogP contribution in [0.25, 0.3) is 10.2 Å². The Hall–Kier alpha value is -2.11. The third-order valence-electron chi connectivity index (χ3n) is 4.87. The van der Waals surface area contributed by atoms with Crippen LogP contribution in [0.3, 0.4) is 0 Å². The van der Waals surface area contributed by atoms with Crippen LogP contribution in [0.5, 0.6) is 5.75 Å². The number of halogens is 2. The lowest BCUT2D eigenvalue weighted by Gasteiger charge is -2.14. The summed E-state index contributed by atoms with van der Waals surface area (Å²) in [5.74, 6) is 0.0822. The molecule has 0 spiro atoms. The van der Waals surface area contributed by atoms with Gasteiger partial charge in [0.05, 0.1) is 20.3 Å². The minimum absolute atomic E-state index is 0.0291. The monoisotopic (exact) mass is 514 g/mol. The van der Waals surface area contributed by atoms with Gasteiger partial charge in [-0.25, -0.2) is 9.78 Å². The van der Waals surface area contributed by atoms with Gasteiger partial charge in [-0.3, -0.25) is 5.32 Å². The largest absolute Gasteiger partial charge is 0.379 e. The number of urea groups is 1. The van der Waals surface area contributed by atoms with Gasteiger partial charge in [0.25, 0.3) is 0 Å². The van der Waals surface area contributed by atoms with Gasteiger partial charge in [-0.2, -0.15) is 8.42 Å². The second-order valence-electron chi connectivity index (χ2n) is 7.17. The van der Waals surface area contributed by atoms with Gasteiger partial charge in [0.1, 0.15) is 10.6 Å². The Bertz CT molecular complexity index is 1220. The number of fused-ring (bicyclic) bond motifs is 1. The molecule has 2 aromatic carbocycles. The maximum absolute atomic E-state index is 12.7. The van der Waals surface area contributed by atoms with Crippen LogP contribution in [-0.4, -0.2) is 50.5 Å². The molecule has 8 nitrogen and oxygen atoms in total. The van der Waals surface area contributed by atoms with Crippen LogP contribution < -0.4 is 14.8 Å². The fraction of sp³-hybridized carbons (Fsp3) is 0.300. The topological polar surface area (TPSA) is 101 Å². The van der Waals surface area contributed by atoms with Crippen molar-refractivity contribution in [3.8, 4) is 5.75 Å². The molecule has 2 amide bonds. The average Bonchev–Trinajstić information content (AvgIpc) is 3.36. The van der Waals surface area contributed by atoms with Gasteiger partial charge in [0.2, 0.25) is 0 Å². The van der Waals surface area contributed by atoms with Gasteiger partial charge in [-0.1, -0.05) is 40.6 Å². The third-order valence-corrected chi connectivity index (χ3v) is 8.01. The molecule has 1 aliphatic heterocycles. The number of carbonyl (C=O) groups excluding carboxylic acids is 1. The van der Waals surface area contributed by atoms with Gasteiger partial charge in [-0.05, 0) is 50.2 Å². The van der Waals surface area contributed by atoms with Crippen molar-refractivity contribution in [3.63, 3.8) is 0 Å². The number of nitrogens with one attached hydrogen (secondary N) is 2. The number of hydrogen-bond donors (Lipinski definition) is 2. The number of hydrogen-bond acceptors (Lipinski definition) is 7. The Labute approximate surface area is 199 Å². The highest BCUT2D eigenvalue weighted by Gasteiger charge is 2.24. The molecule has 2 heterocycles. The molecule has 3 aromatic rings. The lowest BCUT2D eigenvalue weighted by molar-refractivity contribution is 0.249. The second kappa shape index (κ2) is 9.80. The molecule has 32 heavy (non-hydrogen) atoms. The Balaban J connectivity index is 1.42. The maximum atomic E-state index is 12.7. The van der Waals surface area contributed by atoms with Gasteiger partial charge in [-0.15, -0.1) is 0 Å². The molecule has 0 saturated carbocycles. The smallest absolute Gasteiger partial charge is 0.342 e. The molecule has 1 saturated heterocycles. The molecule has 170 valence electrons. The van der Waals surface area contributed by atoms with Gasteiger partial charge in [0, 0.05) is 19.2 Å². The Kier molecular flexibility index (Phi) is 7.06. The normalized spacial score (nSPS) is 14.6. The first kappa shape index (κ1) is 23.1. The Morgan fingerprint density at radius 2 is 1.88 bits per heavy atom. The SMILES string of the molecule is O=C(NCCN1CCCC1)Nc1nc2ccc(OS(=O)(=O)c3c(Cl)cccc3Cl)cc2s1. The van der Waals surface area contributed by atoms with E-state index in [9.17, 15) is 13.2 Å². The van der Waals surface area contributed by atoms with E-state index in [1.807, 2.05) is 0 Å². The Morgan fingerprint density at radius 1 is 1.16 bits per heavy atom. The minimum Gasteiger partial charge on any atom is -0.379 e. The number of carbonyl (C=O) groups is 1. The van der Waals surface area contributed by atoms with Crippen molar-refractivity contribution in [1.82, 2.24) is 15.2 Å². The molecule has 1 aromatic heterocycles. The summed E-state index contributed by atoms with van der Waals surface area (Å²) in [7, 11) is -4.24. The van der Waals surface area contributed by atoms with Crippen LogP contribution in [0.4, 0.5) is 9.93 Å². The summed E-state index contributed by atoms with van der Waals surface area (Å²) in [6, 6.07) is 8.67. The summed E-state index contributed by atoms with van der Waals surface area (Å²) >= 11 is 13.2. The van der Waals surface area contributed by atoms with Crippen LogP contribution in [0.2, 0.25) is 10.0 Å². The van der Waals surface area contributed by atoms with E-state index < -0.39 is 10.1 Å². The van der Waals surface area contributed by atoms with E-state index in [1.54, 1.807) is 12.1 Å². The summed E-state index contributed by atoms with van der Waals surface area (Å²) in [5.41, 5.74) is 0.600. The van der Waals surface area contributed by atoms with E-state index in [0.717, 1.165) is 19.6 Å². The summed E-state index contributed by atoms with van der Waals surface area (Å²) in [6.07, 6.45) is 2.41. The van der Waals surface area contributed by atoms with E-state index >= 15 is 0 Å². The Morgan fingerprint density at radius 3 is 2.59 bits per heavy atom. The molecule has 2 N–H and O–H groups in total. The van der Waals surface area contributed by atoms with Gasteiger partial charge in [0.15, 0.2) is 5.13 Å². The number of rotatable bonds is 7. The fourth-order valence-corrected chi connectivity index (χ4v) is 6.28. The molecule has 0 unspecified atom stereocenters. The number of nitrogens with zero attached hydrogens (tertiary/aromatic N) is 2. The number of likely N-dealkylation sites (tertiary alicyclic amines) is 1. The molecule has 1 fully saturated rings. The predicted octanol–water partition coefficient (Wildman–Crippen LogP) is 4.59. The van der Waals surface area contributed by atoms with Crippen LogP contribution in [0.15, 0.2) is 41.3 Å². The van der Waals surface area contributed by atoms with Crippen LogP contribution in [-0.2, 0) is 10.1 Å². The standard InChI is InChI=1S/C20H20Cl2N4O4S2/c21-14-4-3-5-15(22)18(14)32(28,29)30-13-6-7-16-17(12-13)31-20(24-16)25-19(27)23-8-11-26-9-1-2-10-26/h3-7,12H,1-2,8-11H2,(H2,23,24,25,27). The summed E-state index contributed by atoms with van der Waals surface area (Å²) in [4.78, 5) is 18.5. The zero-order chi connectivity index (χ0) is 22.7. The summed E-state index contributed by atoms with van der Waals surface area (Å²) in [5, 5.41) is 5.87. The summed E-state index contributed by atoms with van der Waals surface area (Å²) < 4.78 is 31.2.